The van der Waals surface area contributed by atoms with Crippen molar-refractivity contribution in [2.45, 2.75) is 12.6 Å². The van der Waals surface area contributed by atoms with Gasteiger partial charge in [-0.1, -0.05) is 42.5 Å². The van der Waals surface area contributed by atoms with Crippen LogP contribution in [-0.2, 0) is 16.0 Å². The van der Waals surface area contributed by atoms with Gasteiger partial charge in [0.05, 0.1) is 11.4 Å². The van der Waals surface area contributed by atoms with Crippen molar-refractivity contribution in [1.82, 2.24) is 5.32 Å². The van der Waals surface area contributed by atoms with Crippen LogP contribution in [0.3, 0.4) is 0 Å². The number of carbonyl (C=O) groups excluding carboxylic acids is 2. The zero-order chi connectivity index (χ0) is 22.9. The van der Waals surface area contributed by atoms with E-state index in [1.807, 2.05) is 18.2 Å². The first kappa shape index (κ1) is 20.8. The lowest BCUT2D eigenvalue weighted by atomic mass is 9.98. The SMILES string of the molecule is O=C(C=Cc1ccc(F)cc1)NC1N=C(c2ccccc2F)c2cccc3c2N(CC3)C1=O. The Morgan fingerprint density at radius 2 is 1.76 bits per heavy atom. The molecule has 33 heavy (non-hydrogen) atoms. The molecule has 0 saturated heterocycles. The highest BCUT2D eigenvalue weighted by atomic mass is 19.1. The molecule has 0 bridgehead atoms. The summed E-state index contributed by atoms with van der Waals surface area (Å²) in [4.78, 5) is 32.1. The van der Waals surface area contributed by atoms with E-state index in [1.165, 1.54) is 42.5 Å². The smallest absolute Gasteiger partial charge is 0.272 e. The van der Waals surface area contributed by atoms with Crippen molar-refractivity contribution < 1.29 is 18.4 Å². The normalized spacial score (nSPS) is 17.0. The highest BCUT2D eigenvalue weighted by molar-refractivity contribution is 6.21. The summed E-state index contributed by atoms with van der Waals surface area (Å²) in [6.07, 6.45) is 2.22. The summed E-state index contributed by atoms with van der Waals surface area (Å²) in [6, 6.07) is 17.5. The van der Waals surface area contributed by atoms with Crippen LogP contribution in [0, 0.1) is 11.6 Å². The van der Waals surface area contributed by atoms with Crippen molar-refractivity contribution in [3.8, 4) is 0 Å². The minimum Gasteiger partial charge on any atom is -0.323 e. The van der Waals surface area contributed by atoms with Crippen LogP contribution in [0.2, 0.25) is 0 Å². The van der Waals surface area contributed by atoms with E-state index in [9.17, 15) is 18.4 Å². The van der Waals surface area contributed by atoms with Crippen molar-refractivity contribution in [3.05, 3.63) is 107 Å². The first-order valence-corrected chi connectivity index (χ1v) is 10.5. The van der Waals surface area contributed by atoms with Gasteiger partial charge in [0.25, 0.3) is 5.91 Å². The largest absolute Gasteiger partial charge is 0.323 e. The fraction of sp³-hybridized carbons (Fsp3) is 0.115. The monoisotopic (exact) mass is 443 g/mol. The molecule has 0 fully saturated rings. The molecule has 5 rings (SSSR count). The van der Waals surface area contributed by atoms with E-state index in [4.69, 9.17) is 0 Å². The molecule has 1 N–H and O–H groups in total. The average Bonchev–Trinajstić information content (AvgIpc) is 3.21. The molecule has 1 unspecified atom stereocenters. The molecule has 5 nitrogen and oxygen atoms in total. The first-order valence-electron chi connectivity index (χ1n) is 10.5. The summed E-state index contributed by atoms with van der Waals surface area (Å²) >= 11 is 0. The third kappa shape index (κ3) is 3.93. The predicted molar refractivity (Wildman–Crippen MR) is 122 cm³/mol. The van der Waals surface area contributed by atoms with Gasteiger partial charge in [-0.2, -0.15) is 0 Å². The predicted octanol–water partition coefficient (Wildman–Crippen LogP) is 3.86. The van der Waals surface area contributed by atoms with Gasteiger partial charge in [-0.15, -0.1) is 0 Å². The molecule has 2 amide bonds. The Morgan fingerprint density at radius 3 is 2.55 bits per heavy atom. The molecular formula is C26H19F2N3O2. The quantitative estimate of drug-likeness (QED) is 0.623. The minimum absolute atomic E-state index is 0.258. The lowest BCUT2D eigenvalue weighted by Gasteiger charge is -2.20. The van der Waals surface area contributed by atoms with Crippen LogP contribution in [0.25, 0.3) is 6.08 Å². The number of anilines is 1. The van der Waals surface area contributed by atoms with Crippen LogP contribution in [0.1, 0.15) is 22.3 Å². The van der Waals surface area contributed by atoms with Crippen LogP contribution in [0.5, 0.6) is 0 Å². The molecule has 2 heterocycles. The number of halogens is 2. The maximum Gasteiger partial charge on any atom is 0.272 e. The highest BCUT2D eigenvalue weighted by Crippen LogP contribution is 2.36. The molecule has 0 aromatic heterocycles. The number of nitrogens with one attached hydrogen (secondary N) is 1. The van der Waals surface area contributed by atoms with Crippen molar-refractivity contribution in [1.29, 1.82) is 0 Å². The summed E-state index contributed by atoms with van der Waals surface area (Å²) in [5, 5.41) is 2.63. The van der Waals surface area contributed by atoms with Gasteiger partial charge in [0.2, 0.25) is 12.1 Å². The second-order valence-electron chi connectivity index (χ2n) is 7.81. The van der Waals surface area contributed by atoms with Crippen LogP contribution >= 0.6 is 0 Å². The number of nitrogens with zero attached hydrogens (tertiary/aromatic N) is 2. The average molecular weight is 443 g/mol. The number of aliphatic imine (C=N–C) groups is 1. The Morgan fingerprint density at radius 1 is 1.00 bits per heavy atom. The second-order valence-corrected chi connectivity index (χ2v) is 7.81. The molecule has 0 aliphatic carbocycles. The number of hydrogen-bond donors (Lipinski definition) is 1. The van der Waals surface area contributed by atoms with Gasteiger partial charge < -0.3 is 10.2 Å². The summed E-state index contributed by atoms with van der Waals surface area (Å²) < 4.78 is 27.8. The zero-order valence-electron chi connectivity index (χ0n) is 17.5. The number of rotatable bonds is 4. The minimum atomic E-state index is -1.22. The second kappa shape index (κ2) is 8.43. The Hall–Kier alpha value is -4.13. The summed E-state index contributed by atoms with van der Waals surface area (Å²) in [7, 11) is 0. The number of carbonyl (C=O) groups is 2. The van der Waals surface area contributed by atoms with E-state index >= 15 is 0 Å². The van der Waals surface area contributed by atoms with Gasteiger partial charge in [0.15, 0.2) is 0 Å². The van der Waals surface area contributed by atoms with Gasteiger partial charge in [0.1, 0.15) is 11.6 Å². The lowest BCUT2D eigenvalue weighted by molar-refractivity contribution is -0.125. The molecule has 2 aliphatic heterocycles. The van der Waals surface area contributed by atoms with Gasteiger partial charge in [-0.3, -0.25) is 9.59 Å². The Balaban J connectivity index is 1.52. The zero-order valence-corrected chi connectivity index (χ0v) is 17.5. The molecule has 2 aliphatic rings. The molecule has 164 valence electrons. The third-order valence-corrected chi connectivity index (χ3v) is 5.71. The van der Waals surface area contributed by atoms with E-state index in [1.54, 1.807) is 23.1 Å². The van der Waals surface area contributed by atoms with Crippen molar-refractivity contribution in [2.24, 2.45) is 4.99 Å². The number of benzene rings is 3. The van der Waals surface area contributed by atoms with E-state index in [2.05, 4.69) is 10.3 Å². The molecule has 0 saturated carbocycles. The fourth-order valence-electron chi connectivity index (χ4n) is 4.16. The first-order chi connectivity index (χ1) is 16.0. The molecule has 3 aromatic rings. The van der Waals surface area contributed by atoms with E-state index < -0.39 is 17.9 Å². The van der Waals surface area contributed by atoms with Crippen LogP contribution in [-0.4, -0.2) is 30.2 Å². The van der Waals surface area contributed by atoms with E-state index in [-0.39, 0.29) is 17.3 Å². The molecule has 1 atom stereocenters. The molecule has 3 aromatic carbocycles. The Labute approximate surface area is 189 Å². The molecule has 0 spiro atoms. The van der Waals surface area contributed by atoms with Gasteiger partial charge >= 0.3 is 0 Å². The summed E-state index contributed by atoms with van der Waals surface area (Å²) in [5.41, 5.74) is 3.55. The van der Waals surface area contributed by atoms with Crippen molar-refractivity contribution >= 4 is 29.3 Å². The van der Waals surface area contributed by atoms with Crippen LogP contribution in [0.4, 0.5) is 14.5 Å². The standard InChI is InChI=1S/C26H19F2N3O2/c27-18-11-8-16(9-12-18)10-13-22(32)29-25-26(33)31-15-14-17-4-3-6-20(24(17)31)23(30-25)19-5-1-2-7-21(19)28/h1-13,25H,14-15H2,(H,29,32). The molecule has 0 radical (unpaired) electrons. The van der Waals surface area contributed by atoms with Crippen LogP contribution < -0.4 is 10.2 Å². The lowest BCUT2D eigenvalue weighted by Crippen LogP contribution is -2.46. The van der Waals surface area contributed by atoms with E-state index in [0.717, 1.165) is 5.56 Å². The van der Waals surface area contributed by atoms with Crippen molar-refractivity contribution in [2.75, 3.05) is 11.4 Å². The van der Waals surface area contributed by atoms with Gasteiger partial charge in [0, 0.05) is 23.7 Å². The highest BCUT2D eigenvalue weighted by Gasteiger charge is 2.37. The molecular weight excluding hydrogens is 424 g/mol. The summed E-state index contributed by atoms with van der Waals surface area (Å²) in [5.74, 6) is -1.76. The topological polar surface area (TPSA) is 61.8 Å². The molecule has 7 heteroatoms. The van der Waals surface area contributed by atoms with E-state index in [0.29, 0.717) is 35.5 Å². The maximum atomic E-state index is 14.7. The van der Waals surface area contributed by atoms with Crippen molar-refractivity contribution in [3.63, 3.8) is 0 Å². The Bertz CT molecular complexity index is 1320. The maximum absolute atomic E-state index is 14.7. The number of hydrogen-bond acceptors (Lipinski definition) is 3. The summed E-state index contributed by atoms with van der Waals surface area (Å²) in [6.45, 7) is 0.461. The van der Waals surface area contributed by atoms with Gasteiger partial charge in [-0.05, 0) is 47.9 Å². The third-order valence-electron chi connectivity index (χ3n) is 5.71. The van der Waals surface area contributed by atoms with Crippen LogP contribution in [0.15, 0.2) is 77.8 Å². The Kier molecular flexibility index (Phi) is 5.30. The number of para-hydroxylation sites is 1. The van der Waals surface area contributed by atoms with Gasteiger partial charge in [-0.25, -0.2) is 13.8 Å². The number of amides is 2. The fourth-order valence-corrected chi connectivity index (χ4v) is 4.16.